The molecule has 0 atom stereocenters. The number of carbonyl (C=O) groups excluding carboxylic acids is 1. The number of imidazole rings is 1. The fraction of sp³-hybridized carbons (Fsp3) is 0.333. The zero-order valence-electron chi connectivity index (χ0n) is 20.5. The number of ether oxygens (including phenoxy) is 1. The lowest BCUT2D eigenvalue weighted by molar-refractivity contribution is 0.0705. The van der Waals surface area contributed by atoms with E-state index in [2.05, 4.69) is 14.9 Å². The van der Waals surface area contributed by atoms with Crippen LogP contribution in [-0.2, 0) is 24.9 Å². The standard InChI is InChI=1S/C24H27N9O4/c1-31(24-25-11-17(12-26-24)23(35)30-36)13-18-27-19-21(32(18)2)28-20(16-5-3-4-15(10-16)14-34)29-22(19)33-6-8-37-9-7-33/h3-5,10-12,34,36H,6-9,13-14H2,1-2H3,(H,30,35). The van der Waals surface area contributed by atoms with Gasteiger partial charge < -0.3 is 24.2 Å². The number of carbonyl (C=O) groups is 1. The number of aromatic nitrogens is 6. The van der Waals surface area contributed by atoms with Crippen LogP contribution in [0.2, 0.25) is 0 Å². The first-order valence-electron chi connectivity index (χ1n) is 11.7. The highest BCUT2D eigenvalue weighted by Gasteiger charge is 2.23. The Morgan fingerprint density at radius 1 is 1.16 bits per heavy atom. The van der Waals surface area contributed by atoms with Crippen molar-refractivity contribution in [3.05, 3.63) is 53.6 Å². The Morgan fingerprint density at radius 3 is 2.62 bits per heavy atom. The normalized spacial score (nSPS) is 13.7. The van der Waals surface area contributed by atoms with Crippen LogP contribution in [0.15, 0.2) is 36.7 Å². The van der Waals surface area contributed by atoms with Gasteiger partial charge in [-0.2, -0.15) is 0 Å². The van der Waals surface area contributed by atoms with Gasteiger partial charge in [0.1, 0.15) is 5.82 Å². The van der Waals surface area contributed by atoms with Crippen LogP contribution in [0.1, 0.15) is 21.7 Å². The smallest absolute Gasteiger partial charge is 0.277 e. The molecule has 4 heterocycles. The largest absolute Gasteiger partial charge is 0.392 e. The van der Waals surface area contributed by atoms with Gasteiger partial charge in [-0.3, -0.25) is 10.0 Å². The van der Waals surface area contributed by atoms with Crippen molar-refractivity contribution in [3.8, 4) is 11.4 Å². The third kappa shape index (κ3) is 4.91. The van der Waals surface area contributed by atoms with Crippen molar-refractivity contribution < 1.29 is 19.8 Å². The van der Waals surface area contributed by atoms with Crippen LogP contribution in [0.5, 0.6) is 0 Å². The van der Waals surface area contributed by atoms with E-state index < -0.39 is 5.91 Å². The van der Waals surface area contributed by atoms with Crippen LogP contribution in [-0.4, -0.2) is 79.1 Å². The number of anilines is 2. The van der Waals surface area contributed by atoms with Crippen molar-refractivity contribution in [2.45, 2.75) is 13.2 Å². The van der Waals surface area contributed by atoms with Crippen molar-refractivity contribution >= 4 is 28.8 Å². The number of amides is 1. The number of nitrogens with zero attached hydrogens (tertiary/aromatic N) is 8. The second-order valence-electron chi connectivity index (χ2n) is 8.66. The van der Waals surface area contributed by atoms with Crippen molar-refractivity contribution in [2.75, 3.05) is 43.2 Å². The summed E-state index contributed by atoms with van der Waals surface area (Å²) >= 11 is 0. The number of hydrogen-bond acceptors (Lipinski definition) is 11. The number of nitrogens with one attached hydrogen (secondary N) is 1. The number of hydrogen-bond donors (Lipinski definition) is 3. The number of benzene rings is 1. The number of aryl methyl sites for hydroxylation is 1. The lowest BCUT2D eigenvalue weighted by Crippen LogP contribution is -2.37. The Labute approximate surface area is 212 Å². The first kappa shape index (κ1) is 24.5. The maximum absolute atomic E-state index is 11.6. The van der Waals surface area contributed by atoms with E-state index in [0.29, 0.717) is 55.8 Å². The summed E-state index contributed by atoms with van der Waals surface area (Å²) in [7, 11) is 3.72. The Morgan fingerprint density at radius 2 is 1.92 bits per heavy atom. The summed E-state index contributed by atoms with van der Waals surface area (Å²) in [6.45, 7) is 2.89. The Balaban J connectivity index is 1.53. The molecule has 0 saturated carbocycles. The minimum absolute atomic E-state index is 0.0671. The Hall–Kier alpha value is -4.20. The highest BCUT2D eigenvalue weighted by atomic mass is 16.5. The average molecular weight is 506 g/mol. The molecule has 1 fully saturated rings. The molecule has 1 aliphatic rings. The van der Waals surface area contributed by atoms with Gasteiger partial charge in [-0.05, 0) is 11.6 Å². The van der Waals surface area contributed by atoms with Crippen molar-refractivity contribution in [1.82, 2.24) is 35.0 Å². The van der Waals surface area contributed by atoms with Gasteiger partial charge >= 0.3 is 0 Å². The summed E-state index contributed by atoms with van der Waals surface area (Å²) in [5.74, 6) is 1.72. The number of fused-ring (bicyclic) bond motifs is 1. The molecule has 1 amide bonds. The van der Waals surface area contributed by atoms with Gasteiger partial charge in [0.05, 0.1) is 31.9 Å². The zero-order chi connectivity index (χ0) is 25.9. The first-order chi connectivity index (χ1) is 18.0. The van der Waals surface area contributed by atoms with Crippen LogP contribution in [0.3, 0.4) is 0 Å². The highest BCUT2D eigenvalue weighted by Crippen LogP contribution is 2.29. The molecule has 1 aromatic carbocycles. The first-order valence-corrected chi connectivity index (χ1v) is 11.7. The number of aliphatic hydroxyl groups excluding tert-OH is 1. The summed E-state index contributed by atoms with van der Waals surface area (Å²) in [5, 5.41) is 18.4. The van der Waals surface area contributed by atoms with Gasteiger partial charge in [0.2, 0.25) is 5.95 Å². The van der Waals surface area contributed by atoms with Crippen LogP contribution < -0.4 is 15.3 Å². The third-order valence-corrected chi connectivity index (χ3v) is 6.19. The van der Waals surface area contributed by atoms with Gasteiger partial charge in [0, 0.05) is 45.1 Å². The molecule has 0 aliphatic carbocycles. The third-order valence-electron chi connectivity index (χ3n) is 6.19. The summed E-state index contributed by atoms with van der Waals surface area (Å²) < 4.78 is 7.46. The van der Waals surface area contributed by atoms with Crippen LogP contribution in [0.4, 0.5) is 11.8 Å². The van der Waals surface area contributed by atoms with Crippen molar-refractivity contribution in [1.29, 1.82) is 0 Å². The molecule has 3 N–H and O–H groups in total. The van der Waals surface area contributed by atoms with Gasteiger partial charge in [-0.25, -0.2) is 30.4 Å². The van der Waals surface area contributed by atoms with Gasteiger partial charge in [0.15, 0.2) is 22.8 Å². The van der Waals surface area contributed by atoms with E-state index in [1.54, 1.807) is 10.4 Å². The van der Waals surface area contributed by atoms with Crippen molar-refractivity contribution in [2.24, 2.45) is 7.05 Å². The van der Waals surface area contributed by atoms with Gasteiger partial charge in [0.25, 0.3) is 5.91 Å². The van der Waals surface area contributed by atoms with E-state index in [9.17, 15) is 9.90 Å². The maximum Gasteiger partial charge on any atom is 0.277 e. The van der Waals surface area contributed by atoms with E-state index in [1.165, 1.54) is 12.4 Å². The molecular weight excluding hydrogens is 478 g/mol. The average Bonchev–Trinajstić information content (AvgIpc) is 3.27. The highest BCUT2D eigenvalue weighted by molar-refractivity contribution is 5.92. The molecule has 37 heavy (non-hydrogen) atoms. The minimum Gasteiger partial charge on any atom is -0.392 e. The molecule has 5 rings (SSSR count). The SMILES string of the molecule is CN(Cc1nc2c(N3CCOCC3)nc(-c3cccc(CO)c3)nc2n1C)c1ncc(C(=O)NO)cn1. The van der Waals surface area contributed by atoms with Gasteiger partial charge in [-0.15, -0.1) is 0 Å². The lowest BCUT2D eigenvalue weighted by atomic mass is 10.1. The minimum atomic E-state index is -0.681. The predicted molar refractivity (Wildman–Crippen MR) is 134 cm³/mol. The molecule has 1 saturated heterocycles. The Kier molecular flexibility index (Phi) is 6.90. The second-order valence-corrected chi connectivity index (χ2v) is 8.66. The number of morpholine rings is 1. The molecule has 0 bridgehead atoms. The molecule has 4 aromatic rings. The fourth-order valence-corrected chi connectivity index (χ4v) is 4.15. The summed E-state index contributed by atoms with van der Waals surface area (Å²) in [6.07, 6.45) is 2.68. The number of rotatable bonds is 7. The quantitative estimate of drug-likeness (QED) is 0.242. The van der Waals surface area contributed by atoms with Gasteiger partial charge in [-0.1, -0.05) is 18.2 Å². The van der Waals surface area contributed by atoms with E-state index >= 15 is 0 Å². The number of hydroxylamine groups is 1. The van der Waals surface area contributed by atoms with E-state index in [0.717, 1.165) is 22.8 Å². The molecule has 13 heteroatoms. The molecule has 0 unspecified atom stereocenters. The number of aliphatic hydroxyl groups is 1. The zero-order valence-corrected chi connectivity index (χ0v) is 20.5. The summed E-state index contributed by atoms with van der Waals surface area (Å²) in [4.78, 5) is 38.6. The summed E-state index contributed by atoms with van der Waals surface area (Å²) in [5.41, 5.74) is 4.66. The fourth-order valence-electron chi connectivity index (χ4n) is 4.15. The molecule has 1 aliphatic heterocycles. The predicted octanol–water partition coefficient (Wildman–Crippen LogP) is 0.905. The van der Waals surface area contributed by atoms with Crippen LogP contribution in [0.25, 0.3) is 22.6 Å². The topological polar surface area (TPSA) is 155 Å². The van der Waals surface area contributed by atoms with E-state index in [-0.39, 0.29) is 12.2 Å². The molecule has 3 aromatic heterocycles. The lowest BCUT2D eigenvalue weighted by Gasteiger charge is -2.28. The molecular formula is C24H27N9O4. The van der Waals surface area contributed by atoms with E-state index in [4.69, 9.17) is 24.9 Å². The van der Waals surface area contributed by atoms with Crippen LogP contribution >= 0.6 is 0 Å². The van der Waals surface area contributed by atoms with E-state index in [1.807, 2.05) is 42.9 Å². The Bertz CT molecular complexity index is 1420. The van der Waals surface area contributed by atoms with Crippen LogP contribution in [0, 0.1) is 0 Å². The molecule has 13 nitrogen and oxygen atoms in total. The second kappa shape index (κ2) is 10.4. The summed E-state index contributed by atoms with van der Waals surface area (Å²) in [6, 6.07) is 7.54. The molecule has 0 spiro atoms. The maximum atomic E-state index is 11.6. The van der Waals surface area contributed by atoms with Crippen molar-refractivity contribution in [3.63, 3.8) is 0 Å². The molecule has 192 valence electrons. The molecule has 0 radical (unpaired) electrons. The monoisotopic (exact) mass is 505 g/mol.